The summed E-state index contributed by atoms with van der Waals surface area (Å²) in [5.74, 6) is 0.925. The van der Waals surface area contributed by atoms with Gasteiger partial charge < -0.3 is 4.90 Å². The highest BCUT2D eigenvalue weighted by molar-refractivity contribution is 7.90. The fraction of sp³-hybridized carbons (Fsp3) is 0.684. The van der Waals surface area contributed by atoms with Crippen LogP contribution in [0.5, 0.6) is 0 Å². The van der Waals surface area contributed by atoms with E-state index in [-0.39, 0.29) is 0 Å². The Morgan fingerprint density at radius 3 is 2.08 bits per heavy atom. The first-order valence-electron chi connectivity index (χ1n) is 9.24. The molecule has 2 fully saturated rings. The Hall–Kier alpha value is -0.910. The highest BCUT2D eigenvalue weighted by Crippen LogP contribution is 2.25. The van der Waals surface area contributed by atoms with Crippen molar-refractivity contribution in [2.24, 2.45) is 5.92 Å². The highest BCUT2D eigenvalue weighted by Gasteiger charge is 2.21. The fourth-order valence-electron chi connectivity index (χ4n) is 3.97. The van der Waals surface area contributed by atoms with Crippen LogP contribution < -0.4 is 0 Å². The molecule has 1 aliphatic heterocycles. The minimum Gasteiger partial charge on any atom is -0.301 e. The first-order chi connectivity index (χ1) is 11.5. The minimum absolute atomic E-state index is 0.406. The van der Waals surface area contributed by atoms with E-state index in [0.29, 0.717) is 4.90 Å². The van der Waals surface area contributed by atoms with E-state index in [1.807, 2.05) is 12.1 Å². The lowest BCUT2D eigenvalue weighted by Gasteiger charge is -2.37. The summed E-state index contributed by atoms with van der Waals surface area (Å²) < 4.78 is 23.0. The average Bonchev–Trinajstić information content (AvgIpc) is 2.57. The maximum atomic E-state index is 11.5. The van der Waals surface area contributed by atoms with E-state index in [1.165, 1.54) is 50.5 Å². The molecule has 0 N–H and O–H groups in total. The summed E-state index contributed by atoms with van der Waals surface area (Å²) in [6, 6.07) is 7.35. The third-order valence-corrected chi connectivity index (χ3v) is 6.59. The van der Waals surface area contributed by atoms with Crippen LogP contribution in [0.3, 0.4) is 0 Å². The molecular weight excluding hydrogens is 320 g/mol. The molecule has 5 heteroatoms. The van der Waals surface area contributed by atoms with Gasteiger partial charge in [-0.25, -0.2) is 8.42 Å². The van der Waals surface area contributed by atoms with Crippen molar-refractivity contribution in [2.45, 2.75) is 43.5 Å². The van der Waals surface area contributed by atoms with Gasteiger partial charge in [0.15, 0.2) is 9.84 Å². The summed E-state index contributed by atoms with van der Waals surface area (Å²) in [4.78, 5) is 5.52. The first kappa shape index (κ1) is 17.9. The van der Waals surface area contributed by atoms with Crippen LogP contribution in [0.15, 0.2) is 29.2 Å². The van der Waals surface area contributed by atoms with Gasteiger partial charge in [-0.2, -0.15) is 0 Å². The van der Waals surface area contributed by atoms with E-state index in [1.54, 1.807) is 12.1 Å². The number of nitrogens with zero attached hydrogens (tertiary/aromatic N) is 2. The predicted molar refractivity (Wildman–Crippen MR) is 97.8 cm³/mol. The third kappa shape index (κ3) is 5.04. The number of piperazine rings is 1. The Morgan fingerprint density at radius 2 is 1.50 bits per heavy atom. The van der Waals surface area contributed by atoms with Gasteiger partial charge in [-0.1, -0.05) is 31.4 Å². The fourth-order valence-corrected chi connectivity index (χ4v) is 4.60. The quantitative estimate of drug-likeness (QED) is 0.819. The van der Waals surface area contributed by atoms with Gasteiger partial charge >= 0.3 is 0 Å². The van der Waals surface area contributed by atoms with Crippen LogP contribution >= 0.6 is 0 Å². The lowest BCUT2D eigenvalue weighted by atomic mass is 9.89. The van der Waals surface area contributed by atoms with Crippen LogP contribution in [0.1, 0.15) is 37.7 Å². The zero-order valence-corrected chi connectivity index (χ0v) is 15.6. The Kier molecular flexibility index (Phi) is 5.95. The SMILES string of the molecule is CS(=O)(=O)c1ccc(CN2CCN(CC3CCCCC3)CC2)cc1. The molecule has 1 aromatic carbocycles. The Bertz CT molecular complexity index is 613. The van der Waals surface area contributed by atoms with E-state index < -0.39 is 9.84 Å². The van der Waals surface area contributed by atoms with Crippen molar-refractivity contribution in [3.05, 3.63) is 29.8 Å². The molecule has 2 aliphatic rings. The smallest absolute Gasteiger partial charge is 0.175 e. The molecule has 24 heavy (non-hydrogen) atoms. The molecule has 1 aromatic rings. The van der Waals surface area contributed by atoms with Gasteiger partial charge in [-0.15, -0.1) is 0 Å². The number of benzene rings is 1. The van der Waals surface area contributed by atoms with Crippen molar-refractivity contribution in [3.63, 3.8) is 0 Å². The largest absolute Gasteiger partial charge is 0.301 e. The van der Waals surface area contributed by atoms with Crippen LogP contribution in [0.2, 0.25) is 0 Å². The molecule has 1 saturated carbocycles. The van der Waals surface area contributed by atoms with E-state index in [4.69, 9.17) is 0 Å². The van der Waals surface area contributed by atoms with E-state index in [0.717, 1.165) is 38.6 Å². The van der Waals surface area contributed by atoms with Gasteiger partial charge in [-0.05, 0) is 36.5 Å². The lowest BCUT2D eigenvalue weighted by molar-refractivity contribution is 0.105. The molecule has 0 aromatic heterocycles. The molecule has 1 heterocycles. The zero-order chi connectivity index (χ0) is 17.0. The molecule has 0 spiro atoms. The third-order valence-electron chi connectivity index (χ3n) is 5.46. The van der Waals surface area contributed by atoms with Crippen LogP contribution in [0, 0.1) is 5.92 Å². The molecule has 1 saturated heterocycles. The summed E-state index contributed by atoms with van der Waals surface area (Å²) in [5.41, 5.74) is 1.20. The average molecular weight is 351 g/mol. The molecule has 0 unspecified atom stereocenters. The van der Waals surface area contributed by atoms with Gasteiger partial charge in [0.05, 0.1) is 4.90 Å². The maximum Gasteiger partial charge on any atom is 0.175 e. The van der Waals surface area contributed by atoms with E-state index >= 15 is 0 Å². The Labute approximate surface area is 146 Å². The summed E-state index contributed by atoms with van der Waals surface area (Å²) in [6.45, 7) is 6.76. The minimum atomic E-state index is -3.09. The Balaban J connectivity index is 1.45. The molecule has 0 atom stereocenters. The van der Waals surface area contributed by atoms with Crippen molar-refractivity contribution in [3.8, 4) is 0 Å². The van der Waals surface area contributed by atoms with Crippen molar-refractivity contribution in [2.75, 3.05) is 39.0 Å². The van der Waals surface area contributed by atoms with Crippen molar-refractivity contribution in [1.82, 2.24) is 9.80 Å². The zero-order valence-electron chi connectivity index (χ0n) is 14.8. The highest BCUT2D eigenvalue weighted by atomic mass is 32.2. The molecule has 4 nitrogen and oxygen atoms in total. The summed E-state index contributed by atoms with van der Waals surface area (Å²) in [5, 5.41) is 0. The van der Waals surface area contributed by atoms with Crippen molar-refractivity contribution in [1.29, 1.82) is 0 Å². The molecule has 0 bridgehead atoms. The van der Waals surface area contributed by atoms with Gasteiger partial charge in [-0.3, -0.25) is 4.90 Å². The molecule has 3 rings (SSSR count). The Morgan fingerprint density at radius 1 is 0.917 bits per heavy atom. The van der Waals surface area contributed by atoms with Crippen LogP contribution in [-0.4, -0.2) is 57.2 Å². The molecule has 134 valence electrons. The van der Waals surface area contributed by atoms with Crippen LogP contribution in [-0.2, 0) is 16.4 Å². The van der Waals surface area contributed by atoms with E-state index in [9.17, 15) is 8.42 Å². The monoisotopic (exact) mass is 350 g/mol. The molecule has 0 radical (unpaired) electrons. The molecule has 1 aliphatic carbocycles. The maximum absolute atomic E-state index is 11.5. The van der Waals surface area contributed by atoms with Crippen LogP contribution in [0.4, 0.5) is 0 Å². The van der Waals surface area contributed by atoms with Gasteiger partial charge in [0.25, 0.3) is 0 Å². The van der Waals surface area contributed by atoms with E-state index in [2.05, 4.69) is 9.80 Å². The van der Waals surface area contributed by atoms with Crippen molar-refractivity contribution >= 4 is 9.84 Å². The number of sulfone groups is 1. The van der Waals surface area contributed by atoms with Gasteiger partial charge in [0, 0.05) is 45.5 Å². The first-order valence-corrected chi connectivity index (χ1v) is 11.1. The lowest BCUT2D eigenvalue weighted by Crippen LogP contribution is -2.47. The standard InChI is InChI=1S/C19H30N2O2S/c1-24(22,23)19-9-7-18(8-10-19)16-21-13-11-20(12-14-21)15-17-5-3-2-4-6-17/h7-10,17H,2-6,11-16H2,1H3. The second-order valence-electron chi connectivity index (χ2n) is 7.50. The number of rotatable bonds is 5. The predicted octanol–water partition coefficient (Wildman–Crippen LogP) is 2.79. The number of hydrogen-bond acceptors (Lipinski definition) is 4. The van der Waals surface area contributed by atoms with Gasteiger partial charge in [0.2, 0.25) is 0 Å². The normalized spacial score (nSPS) is 21.9. The van der Waals surface area contributed by atoms with Crippen LogP contribution in [0.25, 0.3) is 0 Å². The summed E-state index contributed by atoms with van der Waals surface area (Å²) in [7, 11) is -3.09. The van der Waals surface area contributed by atoms with Crippen molar-refractivity contribution < 1.29 is 8.42 Å². The topological polar surface area (TPSA) is 40.6 Å². The second-order valence-corrected chi connectivity index (χ2v) is 9.51. The second kappa shape index (κ2) is 7.98. The number of hydrogen-bond donors (Lipinski definition) is 0. The summed E-state index contributed by atoms with van der Waals surface area (Å²) in [6.07, 6.45) is 8.39. The summed E-state index contributed by atoms with van der Waals surface area (Å²) >= 11 is 0. The van der Waals surface area contributed by atoms with Gasteiger partial charge in [0.1, 0.15) is 0 Å². The molecule has 0 amide bonds. The molecular formula is C19H30N2O2S.